The number of rotatable bonds is 4. The standard InChI is InChI=1S/C21H23NO3/c1-14-11-15(2)19(16(3)12-14)22-10-9-18(20(22)23)21(24)25-13-17-7-5-4-6-8-17/h4-8,11-12,18H,9-10,13H2,1-3H3. The predicted octanol–water partition coefficient (Wildman–Crippen LogP) is 3.71. The van der Waals surface area contributed by atoms with Crippen LogP contribution in [0.1, 0.15) is 28.7 Å². The van der Waals surface area contributed by atoms with Gasteiger partial charge in [-0.2, -0.15) is 0 Å². The molecule has 1 aliphatic heterocycles. The Labute approximate surface area is 148 Å². The summed E-state index contributed by atoms with van der Waals surface area (Å²) < 4.78 is 5.36. The summed E-state index contributed by atoms with van der Waals surface area (Å²) in [4.78, 5) is 26.9. The van der Waals surface area contributed by atoms with Crippen molar-refractivity contribution >= 4 is 17.6 Å². The second-order valence-electron chi connectivity index (χ2n) is 6.67. The number of benzene rings is 2. The van der Waals surface area contributed by atoms with Crippen LogP contribution in [0.2, 0.25) is 0 Å². The molecule has 0 bridgehead atoms. The molecule has 2 aromatic rings. The van der Waals surface area contributed by atoms with Gasteiger partial charge in [-0.25, -0.2) is 0 Å². The molecule has 1 unspecified atom stereocenters. The average molecular weight is 337 g/mol. The van der Waals surface area contributed by atoms with Crippen LogP contribution < -0.4 is 4.90 Å². The van der Waals surface area contributed by atoms with Gasteiger partial charge < -0.3 is 9.64 Å². The van der Waals surface area contributed by atoms with Gasteiger partial charge in [-0.1, -0.05) is 48.0 Å². The van der Waals surface area contributed by atoms with Crippen molar-refractivity contribution in [2.24, 2.45) is 5.92 Å². The van der Waals surface area contributed by atoms with Crippen LogP contribution in [-0.4, -0.2) is 18.4 Å². The topological polar surface area (TPSA) is 46.6 Å². The number of aryl methyl sites for hydroxylation is 3. The lowest BCUT2D eigenvalue weighted by Crippen LogP contribution is -2.32. The van der Waals surface area contributed by atoms with E-state index in [9.17, 15) is 9.59 Å². The Balaban J connectivity index is 1.70. The quantitative estimate of drug-likeness (QED) is 0.631. The maximum atomic E-state index is 12.8. The third-order valence-electron chi connectivity index (χ3n) is 4.62. The van der Waals surface area contributed by atoms with E-state index in [2.05, 4.69) is 12.1 Å². The highest BCUT2D eigenvalue weighted by atomic mass is 16.5. The van der Waals surface area contributed by atoms with E-state index in [-0.39, 0.29) is 12.5 Å². The smallest absolute Gasteiger partial charge is 0.318 e. The first-order valence-corrected chi connectivity index (χ1v) is 8.57. The van der Waals surface area contributed by atoms with E-state index in [1.54, 1.807) is 4.90 Å². The van der Waals surface area contributed by atoms with Crippen LogP contribution in [-0.2, 0) is 20.9 Å². The second-order valence-corrected chi connectivity index (χ2v) is 6.67. The van der Waals surface area contributed by atoms with E-state index in [4.69, 9.17) is 4.74 Å². The van der Waals surface area contributed by atoms with Crippen molar-refractivity contribution in [3.05, 3.63) is 64.7 Å². The van der Waals surface area contributed by atoms with Gasteiger partial charge in [-0.15, -0.1) is 0 Å². The molecule has 0 saturated carbocycles. The molecule has 130 valence electrons. The summed E-state index contributed by atoms with van der Waals surface area (Å²) >= 11 is 0. The first kappa shape index (κ1) is 17.2. The molecule has 4 nitrogen and oxygen atoms in total. The van der Waals surface area contributed by atoms with Gasteiger partial charge in [0.1, 0.15) is 12.5 Å². The van der Waals surface area contributed by atoms with Gasteiger partial charge in [0.05, 0.1) is 0 Å². The van der Waals surface area contributed by atoms with Gasteiger partial charge in [0.2, 0.25) is 5.91 Å². The number of hydrogen-bond acceptors (Lipinski definition) is 3. The van der Waals surface area contributed by atoms with E-state index in [1.165, 1.54) is 5.56 Å². The molecular weight excluding hydrogens is 314 g/mol. The maximum Gasteiger partial charge on any atom is 0.318 e. The monoisotopic (exact) mass is 337 g/mol. The van der Waals surface area contributed by atoms with Gasteiger partial charge in [0.15, 0.2) is 0 Å². The van der Waals surface area contributed by atoms with Crippen molar-refractivity contribution in [1.82, 2.24) is 0 Å². The highest BCUT2D eigenvalue weighted by Crippen LogP contribution is 2.32. The molecule has 0 N–H and O–H groups in total. The molecule has 2 aromatic carbocycles. The van der Waals surface area contributed by atoms with Crippen LogP contribution >= 0.6 is 0 Å². The van der Waals surface area contributed by atoms with Crippen LogP contribution in [0.3, 0.4) is 0 Å². The van der Waals surface area contributed by atoms with E-state index in [0.717, 1.165) is 22.4 Å². The molecule has 0 radical (unpaired) electrons. The average Bonchev–Trinajstić information content (AvgIpc) is 2.94. The highest BCUT2D eigenvalue weighted by Gasteiger charge is 2.39. The second kappa shape index (κ2) is 7.09. The van der Waals surface area contributed by atoms with Crippen LogP contribution in [0.4, 0.5) is 5.69 Å². The van der Waals surface area contributed by atoms with Crippen molar-refractivity contribution in [2.75, 3.05) is 11.4 Å². The Kier molecular flexibility index (Phi) is 4.88. The predicted molar refractivity (Wildman–Crippen MR) is 97.4 cm³/mol. The summed E-state index contributed by atoms with van der Waals surface area (Å²) in [5, 5.41) is 0. The molecule has 3 rings (SSSR count). The van der Waals surface area contributed by atoms with E-state index in [1.807, 2.05) is 51.1 Å². The number of carbonyl (C=O) groups is 2. The first-order valence-electron chi connectivity index (χ1n) is 8.57. The molecule has 1 fully saturated rings. The zero-order valence-corrected chi connectivity index (χ0v) is 14.9. The normalized spacial score (nSPS) is 17.0. The summed E-state index contributed by atoms with van der Waals surface area (Å²) in [6.07, 6.45) is 0.499. The molecule has 1 atom stereocenters. The Morgan fingerprint density at radius 3 is 2.40 bits per heavy atom. The molecular formula is C21H23NO3. The Hall–Kier alpha value is -2.62. The fourth-order valence-corrected chi connectivity index (χ4v) is 3.55. The number of esters is 1. The van der Waals surface area contributed by atoms with E-state index in [0.29, 0.717) is 13.0 Å². The third-order valence-corrected chi connectivity index (χ3v) is 4.62. The minimum atomic E-state index is -0.705. The molecule has 0 spiro atoms. The molecule has 25 heavy (non-hydrogen) atoms. The molecule has 0 aliphatic carbocycles. The fourth-order valence-electron chi connectivity index (χ4n) is 3.55. The van der Waals surface area contributed by atoms with E-state index < -0.39 is 11.9 Å². The number of carbonyl (C=O) groups excluding carboxylic acids is 2. The van der Waals surface area contributed by atoms with Gasteiger partial charge in [0.25, 0.3) is 0 Å². The third kappa shape index (κ3) is 3.58. The van der Waals surface area contributed by atoms with Crippen LogP contribution in [0.25, 0.3) is 0 Å². The Morgan fingerprint density at radius 1 is 1.12 bits per heavy atom. The Bertz CT molecular complexity index is 775. The summed E-state index contributed by atoms with van der Waals surface area (Å²) in [7, 11) is 0. The zero-order chi connectivity index (χ0) is 18.0. The molecule has 1 aliphatic rings. The molecule has 1 saturated heterocycles. The summed E-state index contributed by atoms with van der Waals surface area (Å²) in [5.74, 6) is -1.30. The molecule has 1 heterocycles. The lowest BCUT2D eigenvalue weighted by atomic mass is 10.0. The van der Waals surface area contributed by atoms with Crippen molar-refractivity contribution in [3.8, 4) is 0 Å². The molecule has 0 aromatic heterocycles. The SMILES string of the molecule is Cc1cc(C)c(N2CCC(C(=O)OCc3ccccc3)C2=O)c(C)c1. The van der Waals surface area contributed by atoms with Crippen LogP contribution in [0.5, 0.6) is 0 Å². The maximum absolute atomic E-state index is 12.8. The summed E-state index contributed by atoms with van der Waals surface area (Å²) in [6, 6.07) is 13.6. The minimum Gasteiger partial charge on any atom is -0.460 e. The first-order chi connectivity index (χ1) is 12.0. The lowest BCUT2D eigenvalue weighted by Gasteiger charge is -2.22. The number of ether oxygens (including phenoxy) is 1. The van der Waals surface area contributed by atoms with Crippen molar-refractivity contribution in [2.45, 2.75) is 33.8 Å². The van der Waals surface area contributed by atoms with Crippen LogP contribution in [0, 0.1) is 26.7 Å². The summed E-state index contributed by atoms with van der Waals surface area (Å²) in [5.41, 5.74) is 5.13. The van der Waals surface area contributed by atoms with E-state index >= 15 is 0 Å². The van der Waals surface area contributed by atoms with Crippen LogP contribution in [0.15, 0.2) is 42.5 Å². The van der Waals surface area contributed by atoms with Crippen molar-refractivity contribution in [1.29, 1.82) is 0 Å². The largest absolute Gasteiger partial charge is 0.460 e. The van der Waals surface area contributed by atoms with Gasteiger partial charge in [-0.05, 0) is 43.9 Å². The molecule has 4 heteroatoms. The number of amides is 1. The summed E-state index contributed by atoms with van der Waals surface area (Å²) in [6.45, 7) is 6.80. The number of hydrogen-bond donors (Lipinski definition) is 0. The van der Waals surface area contributed by atoms with Crippen molar-refractivity contribution in [3.63, 3.8) is 0 Å². The highest BCUT2D eigenvalue weighted by molar-refractivity contribution is 6.08. The molecule has 1 amide bonds. The number of nitrogens with zero attached hydrogens (tertiary/aromatic N) is 1. The number of anilines is 1. The Morgan fingerprint density at radius 2 is 1.76 bits per heavy atom. The fraction of sp³-hybridized carbons (Fsp3) is 0.333. The minimum absolute atomic E-state index is 0.159. The van der Waals surface area contributed by atoms with Gasteiger partial charge in [0, 0.05) is 12.2 Å². The van der Waals surface area contributed by atoms with Gasteiger partial charge in [-0.3, -0.25) is 9.59 Å². The zero-order valence-electron chi connectivity index (χ0n) is 14.9. The lowest BCUT2D eigenvalue weighted by molar-refractivity contribution is -0.152. The van der Waals surface area contributed by atoms with Crippen molar-refractivity contribution < 1.29 is 14.3 Å². The van der Waals surface area contributed by atoms with Gasteiger partial charge >= 0.3 is 5.97 Å².